The van der Waals surface area contributed by atoms with Crippen molar-refractivity contribution in [2.45, 2.75) is 40.5 Å². The van der Waals surface area contributed by atoms with E-state index in [4.69, 9.17) is 0 Å². The fourth-order valence-electron chi connectivity index (χ4n) is 1.13. The highest BCUT2D eigenvalue weighted by molar-refractivity contribution is 4.75. The van der Waals surface area contributed by atoms with E-state index >= 15 is 0 Å². The third-order valence-electron chi connectivity index (χ3n) is 1.75. The number of rotatable bonds is 3. The van der Waals surface area contributed by atoms with Gasteiger partial charge in [0.1, 0.15) is 0 Å². The van der Waals surface area contributed by atoms with Crippen molar-refractivity contribution in [1.29, 1.82) is 0 Å². The van der Waals surface area contributed by atoms with Gasteiger partial charge in [-0.2, -0.15) is 0 Å². The summed E-state index contributed by atoms with van der Waals surface area (Å²) in [5.74, 6) is 0.785. The van der Waals surface area contributed by atoms with E-state index in [-0.39, 0.29) is 0 Å². The molecular formula is C9H19. The summed E-state index contributed by atoms with van der Waals surface area (Å²) in [7, 11) is 0. The van der Waals surface area contributed by atoms with Gasteiger partial charge in [0.05, 0.1) is 0 Å². The standard InChI is InChI=1S/C9H19/c1-6-9(4,5)7-8(2)3/h8H,4,6-7H2,1-3,5H3. The lowest BCUT2D eigenvalue weighted by Gasteiger charge is -2.24. The van der Waals surface area contributed by atoms with Crippen LogP contribution in [0.2, 0.25) is 0 Å². The highest BCUT2D eigenvalue weighted by Gasteiger charge is 2.15. The summed E-state index contributed by atoms with van der Waals surface area (Å²) in [5.41, 5.74) is 0.314. The molecule has 0 aromatic heterocycles. The van der Waals surface area contributed by atoms with E-state index in [0.29, 0.717) is 5.41 Å². The Labute approximate surface area is 59.7 Å². The minimum atomic E-state index is 0.314. The average Bonchev–Trinajstić information content (AvgIpc) is 1.63. The summed E-state index contributed by atoms with van der Waals surface area (Å²) in [6, 6.07) is 0. The van der Waals surface area contributed by atoms with Crippen molar-refractivity contribution in [2.75, 3.05) is 0 Å². The van der Waals surface area contributed by atoms with Gasteiger partial charge in [0.25, 0.3) is 0 Å². The molecule has 55 valence electrons. The second kappa shape index (κ2) is 3.24. The molecule has 0 bridgehead atoms. The summed E-state index contributed by atoms with van der Waals surface area (Å²) < 4.78 is 0. The van der Waals surface area contributed by atoms with Gasteiger partial charge >= 0.3 is 0 Å². The zero-order chi connectivity index (χ0) is 7.49. The van der Waals surface area contributed by atoms with Crippen LogP contribution in [0.3, 0.4) is 0 Å². The molecule has 1 radical (unpaired) electrons. The first-order valence-electron chi connectivity index (χ1n) is 3.83. The van der Waals surface area contributed by atoms with Gasteiger partial charge in [-0.3, -0.25) is 0 Å². The van der Waals surface area contributed by atoms with Gasteiger partial charge in [0.15, 0.2) is 0 Å². The fourth-order valence-corrected chi connectivity index (χ4v) is 1.13. The minimum Gasteiger partial charge on any atom is -0.0649 e. The van der Waals surface area contributed by atoms with E-state index in [1.54, 1.807) is 0 Å². The molecule has 0 aromatic rings. The molecule has 0 aliphatic rings. The molecule has 0 fully saturated rings. The predicted molar refractivity (Wildman–Crippen MR) is 43.2 cm³/mol. The molecule has 9 heavy (non-hydrogen) atoms. The van der Waals surface area contributed by atoms with E-state index in [9.17, 15) is 0 Å². The summed E-state index contributed by atoms with van der Waals surface area (Å²) >= 11 is 0. The Morgan fingerprint density at radius 1 is 1.44 bits per heavy atom. The third kappa shape index (κ3) is 4.50. The molecule has 0 rings (SSSR count). The number of hydrogen-bond donors (Lipinski definition) is 0. The van der Waals surface area contributed by atoms with Crippen molar-refractivity contribution in [1.82, 2.24) is 0 Å². The molecule has 0 aromatic carbocycles. The quantitative estimate of drug-likeness (QED) is 0.545. The Bertz CT molecular complexity index is 70.1. The monoisotopic (exact) mass is 127 g/mol. The smallest absolute Gasteiger partial charge is 0.0326 e. The Kier molecular flexibility index (Phi) is 3.24. The van der Waals surface area contributed by atoms with Crippen LogP contribution in [0, 0.1) is 18.3 Å². The summed E-state index contributed by atoms with van der Waals surface area (Å²) in [4.78, 5) is 0. The summed E-state index contributed by atoms with van der Waals surface area (Å²) in [6.07, 6.45) is 2.43. The van der Waals surface area contributed by atoms with E-state index in [1.165, 1.54) is 12.8 Å². The van der Waals surface area contributed by atoms with Crippen LogP contribution in [0.4, 0.5) is 0 Å². The van der Waals surface area contributed by atoms with Crippen molar-refractivity contribution >= 4 is 0 Å². The van der Waals surface area contributed by atoms with E-state index < -0.39 is 0 Å². The molecule has 0 heteroatoms. The maximum atomic E-state index is 4.13. The third-order valence-corrected chi connectivity index (χ3v) is 1.75. The molecule has 0 saturated heterocycles. The molecule has 0 heterocycles. The second-order valence-electron chi connectivity index (χ2n) is 3.76. The van der Waals surface area contributed by atoms with Crippen molar-refractivity contribution in [2.24, 2.45) is 11.3 Å². The first kappa shape index (κ1) is 9.00. The van der Waals surface area contributed by atoms with E-state index in [2.05, 4.69) is 34.6 Å². The second-order valence-corrected chi connectivity index (χ2v) is 3.76. The van der Waals surface area contributed by atoms with E-state index in [0.717, 1.165) is 5.92 Å². The van der Waals surface area contributed by atoms with Crippen LogP contribution in [0.1, 0.15) is 40.5 Å². The number of hydrogen-bond acceptors (Lipinski definition) is 0. The minimum absolute atomic E-state index is 0.314. The van der Waals surface area contributed by atoms with Crippen molar-refractivity contribution in [3.05, 3.63) is 6.92 Å². The molecule has 1 unspecified atom stereocenters. The summed E-state index contributed by atoms with van der Waals surface area (Å²) in [6.45, 7) is 13.1. The Balaban J connectivity index is 3.58. The molecule has 0 saturated carbocycles. The molecule has 0 aliphatic heterocycles. The van der Waals surface area contributed by atoms with Crippen LogP contribution in [0.5, 0.6) is 0 Å². The van der Waals surface area contributed by atoms with Crippen LogP contribution in [-0.2, 0) is 0 Å². The molecule has 0 amide bonds. The molecule has 0 aliphatic carbocycles. The normalized spacial score (nSPS) is 12.7. The fraction of sp³-hybridized carbons (Fsp3) is 0.889. The van der Waals surface area contributed by atoms with Gasteiger partial charge < -0.3 is 0 Å². The maximum Gasteiger partial charge on any atom is -0.0326 e. The zero-order valence-electron chi connectivity index (χ0n) is 7.20. The predicted octanol–water partition coefficient (Wildman–Crippen LogP) is 3.28. The lowest BCUT2D eigenvalue weighted by atomic mass is 9.82. The SMILES string of the molecule is [CH2]C(C)(CC)CC(C)C. The summed E-state index contributed by atoms with van der Waals surface area (Å²) in [5, 5.41) is 0. The molecule has 0 spiro atoms. The van der Waals surface area contributed by atoms with Crippen LogP contribution < -0.4 is 0 Å². The molecule has 1 atom stereocenters. The highest BCUT2D eigenvalue weighted by atomic mass is 14.2. The average molecular weight is 127 g/mol. The highest BCUT2D eigenvalue weighted by Crippen LogP contribution is 2.27. The lowest BCUT2D eigenvalue weighted by Crippen LogP contribution is -2.12. The van der Waals surface area contributed by atoms with Gasteiger partial charge in [-0.05, 0) is 24.7 Å². The Morgan fingerprint density at radius 3 is 2.00 bits per heavy atom. The van der Waals surface area contributed by atoms with Gasteiger partial charge in [0, 0.05) is 0 Å². The lowest BCUT2D eigenvalue weighted by molar-refractivity contribution is 0.318. The largest absolute Gasteiger partial charge is 0.0649 e. The zero-order valence-corrected chi connectivity index (χ0v) is 7.20. The Morgan fingerprint density at radius 2 is 1.89 bits per heavy atom. The maximum absolute atomic E-state index is 4.13. The molecule has 0 nitrogen and oxygen atoms in total. The first-order valence-corrected chi connectivity index (χ1v) is 3.83. The first-order chi connectivity index (χ1) is 3.98. The Hall–Kier alpha value is 0. The van der Waals surface area contributed by atoms with Gasteiger partial charge in [-0.25, -0.2) is 0 Å². The van der Waals surface area contributed by atoms with Crippen molar-refractivity contribution < 1.29 is 0 Å². The molecular weight excluding hydrogens is 108 g/mol. The van der Waals surface area contributed by atoms with Gasteiger partial charge in [-0.15, -0.1) is 0 Å². The van der Waals surface area contributed by atoms with Crippen LogP contribution in [-0.4, -0.2) is 0 Å². The van der Waals surface area contributed by atoms with Gasteiger partial charge in [0.2, 0.25) is 0 Å². The van der Waals surface area contributed by atoms with E-state index in [1.807, 2.05) is 0 Å². The molecule has 0 N–H and O–H groups in total. The van der Waals surface area contributed by atoms with Gasteiger partial charge in [-0.1, -0.05) is 34.1 Å². The van der Waals surface area contributed by atoms with Crippen LogP contribution >= 0.6 is 0 Å². The topological polar surface area (TPSA) is 0 Å². The van der Waals surface area contributed by atoms with Crippen molar-refractivity contribution in [3.63, 3.8) is 0 Å². The van der Waals surface area contributed by atoms with Crippen LogP contribution in [0.25, 0.3) is 0 Å². The van der Waals surface area contributed by atoms with Crippen LogP contribution in [0.15, 0.2) is 0 Å². The van der Waals surface area contributed by atoms with Crippen molar-refractivity contribution in [3.8, 4) is 0 Å².